The summed E-state index contributed by atoms with van der Waals surface area (Å²) in [6, 6.07) is 0. The van der Waals surface area contributed by atoms with Gasteiger partial charge < -0.3 is 9.11 Å². The van der Waals surface area contributed by atoms with Crippen molar-refractivity contribution in [2.45, 2.75) is 142 Å². The zero-order valence-electron chi connectivity index (χ0n) is 23.6. The molecule has 0 fully saturated rings. The van der Waals surface area contributed by atoms with Crippen molar-refractivity contribution in [2.24, 2.45) is 0 Å². The average molecular weight is 577 g/mol. The van der Waals surface area contributed by atoms with E-state index in [0.29, 0.717) is 12.8 Å². The summed E-state index contributed by atoms with van der Waals surface area (Å²) in [4.78, 5) is 0. The molecule has 0 bridgehead atoms. The minimum atomic E-state index is -4.49. The Morgan fingerprint density at radius 3 is 0.806 bits per heavy atom. The molecule has 0 N–H and O–H groups in total. The molecule has 0 aromatic rings. The first-order chi connectivity index (χ1) is 16.1. The van der Waals surface area contributed by atoms with E-state index < -0.39 is 20.8 Å². The summed E-state index contributed by atoms with van der Waals surface area (Å²) in [5.74, 6) is 0. The second-order valence-electron chi connectivity index (χ2n) is 8.82. The van der Waals surface area contributed by atoms with E-state index in [0.717, 1.165) is 25.7 Å². The summed E-state index contributed by atoms with van der Waals surface area (Å²) in [5, 5.41) is 0. The monoisotopic (exact) mass is 576 g/mol. The van der Waals surface area contributed by atoms with Gasteiger partial charge in [0.15, 0.2) is 0 Å². The van der Waals surface area contributed by atoms with Crippen LogP contribution in [0.1, 0.15) is 142 Å². The molecule has 0 spiro atoms. The maximum absolute atomic E-state index is 10.2. The van der Waals surface area contributed by atoms with Crippen LogP contribution in [-0.2, 0) is 29.2 Å². The summed E-state index contributed by atoms with van der Waals surface area (Å²) >= 11 is 0. The maximum atomic E-state index is 10.2. The van der Waals surface area contributed by atoms with E-state index in [-0.39, 0.29) is 72.3 Å². The molecule has 0 radical (unpaired) electrons. The molecule has 0 unspecified atom stereocenters. The minimum Gasteiger partial charge on any atom is -0.726 e. The molecule has 0 heterocycles. The third-order valence-electron chi connectivity index (χ3n) is 5.45. The molecule has 12 heteroatoms. The quantitative estimate of drug-likeness (QED) is 0.0713. The third-order valence-corrected chi connectivity index (χ3v) is 6.36. The van der Waals surface area contributed by atoms with Gasteiger partial charge in [0.25, 0.3) is 0 Å². The Labute approximate surface area is 267 Å². The predicted molar refractivity (Wildman–Crippen MR) is 135 cm³/mol. The number of unbranched alkanes of at least 4 members (excludes halogenated alkanes) is 18. The Morgan fingerprint density at radius 2 is 0.611 bits per heavy atom. The van der Waals surface area contributed by atoms with E-state index in [2.05, 4.69) is 22.2 Å². The molecule has 208 valence electrons. The summed E-state index contributed by atoms with van der Waals surface area (Å²) in [7, 11) is -8.97. The van der Waals surface area contributed by atoms with Gasteiger partial charge in [-0.3, -0.25) is 8.37 Å². The second-order valence-corrected chi connectivity index (χ2v) is 10.9. The van der Waals surface area contributed by atoms with Gasteiger partial charge >= 0.3 is 59.1 Å². The van der Waals surface area contributed by atoms with Crippen LogP contribution in [0.15, 0.2) is 0 Å². The van der Waals surface area contributed by atoms with Crippen LogP contribution in [0.5, 0.6) is 0 Å². The first-order valence-electron chi connectivity index (χ1n) is 13.3. The smallest absolute Gasteiger partial charge is 0.726 e. The van der Waals surface area contributed by atoms with Crippen molar-refractivity contribution < 1.29 is 93.4 Å². The molecule has 36 heavy (non-hydrogen) atoms. The van der Waals surface area contributed by atoms with Gasteiger partial charge in [0.1, 0.15) is 0 Å². The van der Waals surface area contributed by atoms with Gasteiger partial charge in [-0.15, -0.1) is 0 Å². The van der Waals surface area contributed by atoms with E-state index in [1.807, 2.05) is 0 Å². The number of hydrogen-bond acceptors (Lipinski definition) is 8. The Morgan fingerprint density at radius 1 is 0.417 bits per heavy atom. The molecule has 0 aliphatic carbocycles. The molecule has 0 rings (SSSR count). The predicted octanol–water partition coefficient (Wildman–Crippen LogP) is 0.776. The van der Waals surface area contributed by atoms with Crippen LogP contribution in [0.25, 0.3) is 0 Å². The Hall–Kier alpha value is 1.74. The van der Waals surface area contributed by atoms with Gasteiger partial charge in [-0.05, 0) is 12.8 Å². The van der Waals surface area contributed by atoms with Crippen molar-refractivity contribution in [1.29, 1.82) is 0 Å². The fraction of sp³-hybridized carbons (Fsp3) is 1.00. The van der Waals surface area contributed by atoms with E-state index >= 15 is 0 Å². The van der Waals surface area contributed by atoms with Crippen LogP contribution in [0.4, 0.5) is 0 Å². The van der Waals surface area contributed by atoms with Gasteiger partial charge in [0.05, 0.1) is 13.2 Å². The Bertz CT molecular complexity index is 618. The van der Waals surface area contributed by atoms with Crippen LogP contribution in [0.3, 0.4) is 0 Å². The normalized spacial score (nSPS) is 11.2. The van der Waals surface area contributed by atoms with Crippen LogP contribution in [0, 0.1) is 0 Å². The fourth-order valence-electron chi connectivity index (χ4n) is 3.50. The SMILES string of the molecule is CCCCCCCCCCCCCCOS(=O)(=O)[O-].CCCCCCCCCCOS(=O)(=O)[O-].[Na+].[Na+]. The van der Waals surface area contributed by atoms with E-state index in [4.69, 9.17) is 0 Å². The van der Waals surface area contributed by atoms with Crippen LogP contribution < -0.4 is 59.1 Å². The summed E-state index contributed by atoms with van der Waals surface area (Å²) in [6.45, 7) is 4.47. The van der Waals surface area contributed by atoms with Gasteiger partial charge in [0.2, 0.25) is 20.8 Å². The molecule has 0 saturated carbocycles. The van der Waals surface area contributed by atoms with Crippen LogP contribution >= 0.6 is 0 Å². The van der Waals surface area contributed by atoms with Crippen molar-refractivity contribution in [1.82, 2.24) is 0 Å². The summed E-state index contributed by atoms with van der Waals surface area (Å²) in [5.41, 5.74) is 0. The Balaban J connectivity index is -0.000000276. The van der Waals surface area contributed by atoms with Crippen LogP contribution in [-0.4, -0.2) is 39.2 Å². The van der Waals surface area contributed by atoms with E-state index in [1.54, 1.807) is 0 Å². The Kier molecular flexibility index (Phi) is 41.0. The van der Waals surface area contributed by atoms with Crippen molar-refractivity contribution in [3.63, 3.8) is 0 Å². The minimum absolute atomic E-state index is 0. The topological polar surface area (TPSA) is 133 Å². The zero-order chi connectivity index (χ0) is 26.0. The standard InChI is InChI=1S/C14H30O4S.C10H22O4S.2Na/c1-2-3-4-5-6-7-8-9-10-11-12-13-14-18-19(15,16)17;1-2-3-4-5-6-7-8-9-10-14-15(11,12)13;;/h2-14H2,1H3,(H,15,16,17);2-10H2,1H3,(H,11,12,13);;/q;;2*+1/p-2. The van der Waals surface area contributed by atoms with Gasteiger partial charge in [0, 0.05) is 0 Å². The average Bonchev–Trinajstić information content (AvgIpc) is 2.75. The number of rotatable bonds is 24. The second kappa shape index (κ2) is 32.9. The molecule has 0 amide bonds. The zero-order valence-corrected chi connectivity index (χ0v) is 29.3. The van der Waals surface area contributed by atoms with Crippen molar-refractivity contribution in [3.8, 4) is 0 Å². The molecule has 0 aliphatic rings. The summed E-state index contributed by atoms with van der Waals surface area (Å²) in [6.07, 6.45) is 23.5. The fourth-order valence-corrected chi connectivity index (χ4v) is 4.14. The molecule has 0 saturated heterocycles. The van der Waals surface area contributed by atoms with Gasteiger partial charge in [-0.1, -0.05) is 129 Å². The molecule has 8 nitrogen and oxygen atoms in total. The van der Waals surface area contributed by atoms with Gasteiger partial charge in [-0.2, -0.15) is 0 Å². The molecule has 0 aromatic heterocycles. The first-order valence-corrected chi connectivity index (χ1v) is 16.0. The maximum Gasteiger partial charge on any atom is 1.00 e. The molecule has 0 atom stereocenters. The molecule has 0 aromatic carbocycles. The molecule has 0 aliphatic heterocycles. The summed E-state index contributed by atoms with van der Waals surface area (Å²) < 4.78 is 68.9. The van der Waals surface area contributed by atoms with Crippen molar-refractivity contribution in [3.05, 3.63) is 0 Å². The van der Waals surface area contributed by atoms with Gasteiger partial charge in [-0.25, -0.2) is 16.8 Å². The first kappa shape index (κ1) is 44.7. The molecular weight excluding hydrogens is 526 g/mol. The van der Waals surface area contributed by atoms with E-state index in [1.165, 1.54) is 89.9 Å². The van der Waals surface area contributed by atoms with E-state index in [9.17, 15) is 25.9 Å². The molecular formula is C24H50Na2O8S2. The largest absolute Gasteiger partial charge is 1.00 e. The van der Waals surface area contributed by atoms with Crippen molar-refractivity contribution in [2.75, 3.05) is 13.2 Å². The number of hydrogen-bond donors (Lipinski definition) is 0. The van der Waals surface area contributed by atoms with Crippen molar-refractivity contribution >= 4 is 20.8 Å². The third kappa shape index (κ3) is 48.8. The van der Waals surface area contributed by atoms with Crippen LogP contribution in [0.2, 0.25) is 0 Å².